The number of benzene rings is 1. The van der Waals surface area contributed by atoms with Crippen molar-refractivity contribution in [2.45, 2.75) is 19.8 Å². The van der Waals surface area contributed by atoms with E-state index < -0.39 is 0 Å². The number of aliphatic hydroxyl groups is 1. The molecule has 0 aliphatic carbocycles. The maximum atomic E-state index is 8.64. The first-order valence-electron chi connectivity index (χ1n) is 4.83. The second kappa shape index (κ2) is 6.83. The molecule has 1 aromatic rings. The average Bonchev–Trinajstić information content (AvgIpc) is 2.20. The molecule has 0 aromatic heterocycles. The molecule has 1 N–H and O–H groups in total. The summed E-state index contributed by atoms with van der Waals surface area (Å²) in [4.78, 5) is 0. The van der Waals surface area contributed by atoms with Crippen molar-refractivity contribution in [3.05, 3.63) is 40.9 Å². The average molecular weight is 255 g/mol. The molecule has 0 saturated carbocycles. The normalized spacial score (nSPS) is 11.7. The van der Waals surface area contributed by atoms with Gasteiger partial charge in [0.05, 0.1) is 0 Å². The fourth-order valence-corrected chi connectivity index (χ4v) is 2.93. The van der Waals surface area contributed by atoms with Crippen molar-refractivity contribution >= 4 is 19.4 Å². The third-order valence-electron chi connectivity index (χ3n) is 1.82. The van der Waals surface area contributed by atoms with Crippen LogP contribution in [0, 0.1) is 0 Å². The summed E-state index contributed by atoms with van der Waals surface area (Å²) >= 11 is 0.455. The molecule has 0 saturated heterocycles. The molecule has 0 bridgehead atoms. The van der Waals surface area contributed by atoms with Crippen LogP contribution in [-0.4, -0.2) is 26.7 Å². The number of allylic oxidation sites excluding steroid dienone is 2. The van der Waals surface area contributed by atoms with Gasteiger partial charge < -0.3 is 0 Å². The molecule has 0 aliphatic rings. The van der Waals surface area contributed by atoms with Gasteiger partial charge in [-0.1, -0.05) is 0 Å². The summed E-state index contributed by atoms with van der Waals surface area (Å²) in [6.45, 7) is 2.46. The first-order valence-corrected chi connectivity index (χ1v) is 6.55. The molecule has 1 aromatic carbocycles. The summed E-state index contributed by atoms with van der Waals surface area (Å²) in [5, 5.41) is 8.64. The van der Waals surface area contributed by atoms with Crippen LogP contribution in [0.1, 0.15) is 19.8 Å². The van der Waals surface area contributed by atoms with E-state index in [0.29, 0.717) is 21.6 Å². The van der Waals surface area contributed by atoms with Gasteiger partial charge in [-0.05, 0) is 0 Å². The van der Waals surface area contributed by atoms with E-state index in [-0.39, 0.29) is 0 Å². The summed E-state index contributed by atoms with van der Waals surface area (Å²) in [5.74, 6) is 0. The first kappa shape index (κ1) is 11.5. The van der Waals surface area contributed by atoms with Crippen molar-refractivity contribution in [3.63, 3.8) is 0 Å². The van der Waals surface area contributed by atoms with Crippen molar-refractivity contribution < 1.29 is 5.11 Å². The van der Waals surface area contributed by atoms with Gasteiger partial charge in [-0.25, -0.2) is 0 Å². The molecule has 0 radical (unpaired) electrons. The fraction of sp³-hybridized carbons (Fsp3) is 0.333. The van der Waals surface area contributed by atoms with Crippen LogP contribution in [0.5, 0.6) is 0 Å². The predicted octanol–water partition coefficient (Wildman–Crippen LogP) is 1.69. The van der Waals surface area contributed by atoms with Gasteiger partial charge in [-0.3, -0.25) is 0 Å². The van der Waals surface area contributed by atoms with Crippen LogP contribution in [0.4, 0.5) is 0 Å². The van der Waals surface area contributed by atoms with Crippen LogP contribution in [0.25, 0.3) is 0 Å². The van der Waals surface area contributed by atoms with Crippen molar-refractivity contribution in [2.75, 3.05) is 6.61 Å². The van der Waals surface area contributed by atoms with Gasteiger partial charge in [0.2, 0.25) is 0 Å². The van der Waals surface area contributed by atoms with Crippen LogP contribution >= 0.6 is 0 Å². The quantitative estimate of drug-likeness (QED) is 0.627. The van der Waals surface area contributed by atoms with Crippen LogP contribution in [-0.2, 0) is 0 Å². The van der Waals surface area contributed by atoms with Gasteiger partial charge in [-0.2, -0.15) is 0 Å². The van der Waals surface area contributed by atoms with E-state index in [0.717, 1.165) is 12.8 Å². The Labute approximate surface area is 92.0 Å². The Morgan fingerprint density at radius 3 is 2.71 bits per heavy atom. The molecular formula is C12H16OSe. The molecular weight excluding hydrogens is 239 g/mol. The van der Waals surface area contributed by atoms with Crippen LogP contribution < -0.4 is 4.46 Å². The Hall–Kier alpha value is -0.561. The number of hydrogen-bond donors (Lipinski definition) is 1. The maximum absolute atomic E-state index is 8.64. The second-order valence-corrected chi connectivity index (χ2v) is 5.86. The number of hydrogen-bond acceptors (Lipinski definition) is 1. The van der Waals surface area contributed by atoms with Crippen molar-refractivity contribution in [2.24, 2.45) is 0 Å². The van der Waals surface area contributed by atoms with Gasteiger partial charge in [0.15, 0.2) is 0 Å². The van der Waals surface area contributed by atoms with E-state index in [9.17, 15) is 0 Å². The number of unbranched alkanes of at least 4 members (excludes halogenated alkanes) is 1. The third-order valence-corrected chi connectivity index (χ3v) is 3.91. The Morgan fingerprint density at radius 1 is 1.36 bits per heavy atom. The zero-order valence-electron chi connectivity index (χ0n) is 8.44. The molecule has 0 spiro atoms. The first-order chi connectivity index (χ1) is 6.83. The topological polar surface area (TPSA) is 20.2 Å². The van der Waals surface area contributed by atoms with Crippen LogP contribution in [0.2, 0.25) is 0 Å². The summed E-state index contributed by atoms with van der Waals surface area (Å²) in [7, 11) is 0. The van der Waals surface area contributed by atoms with Crippen molar-refractivity contribution in [1.29, 1.82) is 0 Å². The molecule has 76 valence electrons. The zero-order valence-corrected chi connectivity index (χ0v) is 10.2. The molecule has 1 rings (SSSR count). The second-order valence-electron chi connectivity index (χ2n) is 3.10. The standard InChI is InChI=1S/C12H16OSe/c1-11(7-5-6-10-13)14-12-8-3-2-4-9-12/h2-4,7-9,13H,5-6,10H2,1H3/b11-7+. The van der Waals surface area contributed by atoms with E-state index in [2.05, 4.69) is 37.3 Å². The van der Waals surface area contributed by atoms with E-state index in [4.69, 9.17) is 5.11 Å². The van der Waals surface area contributed by atoms with Crippen molar-refractivity contribution in [3.8, 4) is 0 Å². The zero-order chi connectivity index (χ0) is 10.2. The number of aliphatic hydroxyl groups excluding tert-OH is 1. The van der Waals surface area contributed by atoms with E-state index >= 15 is 0 Å². The third kappa shape index (κ3) is 4.61. The summed E-state index contributed by atoms with van der Waals surface area (Å²) in [6, 6.07) is 10.5. The van der Waals surface area contributed by atoms with Gasteiger partial charge in [-0.15, -0.1) is 0 Å². The van der Waals surface area contributed by atoms with Gasteiger partial charge in [0.25, 0.3) is 0 Å². The molecule has 0 unspecified atom stereocenters. The van der Waals surface area contributed by atoms with E-state index in [1.807, 2.05) is 6.07 Å². The molecule has 0 atom stereocenters. The Balaban J connectivity index is 2.40. The molecule has 14 heavy (non-hydrogen) atoms. The summed E-state index contributed by atoms with van der Waals surface area (Å²) < 4.78 is 2.86. The Kier molecular flexibility index (Phi) is 5.62. The molecule has 1 nitrogen and oxygen atoms in total. The monoisotopic (exact) mass is 256 g/mol. The minimum atomic E-state index is 0.294. The van der Waals surface area contributed by atoms with Gasteiger partial charge >= 0.3 is 91.8 Å². The van der Waals surface area contributed by atoms with Crippen molar-refractivity contribution in [1.82, 2.24) is 0 Å². The predicted molar refractivity (Wildman–Crippen MR) is 61.9 cm³/mol. The molecule has 0 fully saturated rings. The fourth-order valence-electron chi connectivity index (χ4n) is 1.11. The Morgan fingerprint density at radius 2 is 2.07 bits per heavy atom. The van der Waals surface area contributed by atoms with E-state index in [1.165, 1.54) is 8.93 Å². The van der Waals surface area contributed by atoms with Gasteiger partial charge in [0, 0.05) is 0 Å². The minimum absolute atomic E-state index is 0.294. The van der Waals surface area contributed by atoms with Gasteiger partial charge in [0.1, 0.15) is 0 Å². The number of rotatable bonds is 5. The molecule has 0 heterocycles. The molecule has 2 heteroatoms. The van der Waals surface area contributed by atoms with E-state index in [1.54, 1.807) is 0 Å². The molecule has 0 amide bonds. The SMILES string of the molecule is C/C(=C\CCCO)[Se]c1ccccc1. The van der Waals surface area contributed by atoms with Crippen LogP contribution in [0.3, 0.4) is 0 Å². The summed E-state index contributed by atoms with van der Waals surface area (Å²) in [5.41, 5.74) is 0. The van der Waals surface area contributed by atoms with Crippen LogP contribution in [0.15, 0.2) is 40.9 Å². The molecule has 0 aliphatic heterocycles. The summed E-state index contributed by atoms with van der Waals surface area (Å²) in [6.07, 6.45) is 4.11. The Bertz CT molecular complexity index is 280.